The first kappa shape index (κ1) is 27.6. The Hall–Kier alpha value is -3.62. The van der Waals surface area contributed by atoms with Crippen LogP contribution in [0.15, 0.2) is 116 Å². The van der Waals surface area contributed by atoms with E-state index in [4.69, 9.17) is 34.1 Å². The number of hydrogen-bond acceptors (Lipinski definition) is 8. The Kier molecular flexibility index (Phi) is 11.5. The van der Waals surface area contributed by atoms with Crippen LogP contribution in [0.5, 0.6) is 0 Å². The van der Waals surface area contributed by atoms with E-state index in [9.17, 15) is 9.59 Å². The van der Waals surface area contributed by atoms with Gasteiger partial charge in [0.1, 0.15) is 0 Å². The molecule has 4 rings (SSSR count). The van der Waals surface area contributed by atoms with Crippen LogP contribution in [-0.2, 0) is 45.7 Å². The fraction of sp³-hybridized carbons (Fsp3) is 0. The minimum Gasteiger partial charge on any atom is -0.758 e. The Balaban J connectivity index is 0.000000240. The van der Waals surface area contributed by atoms with Crippen LogP contribution in [0.1, 0.15) is 32.2 Å². The van der Waals surface area contributed by atoms with Gasteiger partial charge in [0.25, 0.3) is 0 Å². The first-order valence-electron chi connectivity index (χ1n) is 9.82. The molecule has 2 N–H and O–H groups in total. The molecule has 0 aliphatic rings. The molecule has 0 radical (unpaired) electrons. The van der Waals surface area contributed by atoms with Gasteiger partial charge in [-0.3, -0.25) is 9.59 Å². The van der Waals surface area contributed by atoms with Crippen molar-refractivity contribution >= 4 is 47.2 Å². The molecule has 0 aliphatic carbocycles. The van der Waals surface area contributed by atoms with Crippen molar-refractivity contribution in [3.05, 3.63) is 120 Å². The zero-order chi connectivity index (χ0) is 24.2. The largest absolute Gasteiger partial charge is 2.00 e. The number of amides is 2. The number of furan rings is 2. The molecule has 0 bridgehead atoms. The zero-order valence-corrected chi connectivity index (χ0v) is 21.1. The first-order chi connectivity index (χ1) is 16.5. The molecular formula is C24H18N4O4PdS2. The maximum Gasteiger partial charge on any atom is 2.00 e. The molecule has 4 aromatic rings. The van der Waals surface area contributed by atoms with Crippen molar-refractivity contribution in [1.82, 2.24) is 10.9 Å². The van der Waals surface area contributed by atoms with Gasteiger partial charge < -0.3 is 34.1 Å². The van der Waals surface area contributed by atoms with Crippen molar-refractivity contribution in [2.75, 3.05) is 0 Å². The standard InChI is InChI=1S/2C12H10N2O2S.Pd/c2*15-11(10-7-4-8-16-10)13-14-12(17)9-5-2-1-3-6-9;/h2*1-8H,(H,13,15)(H,14,17);/q;;+2/p-2. The fourth-order valence-corrected chi connectivity index (χ4v) is 2.78. The minimum absolute atomic E-state index is 0. The Labute approximate surface area is 226 Å². The predicted octanol–water partition coefficient (Wildman–Crippen LogP) is 3.83. The summed E-state index contributed by atoms with van der Waals surface area (Å²) in [6, 6.07) is 24.8. The summed E-state index contributed by atoms with van der Waals surface area (Å²) < 4.78 is 9.84. The Morgan fingerprint density at radius 3 is 1.29 bits per heavy atom. The Bertz CT molecular complexity index is 1150. The van der Waals surface area contributed by atoms with Gasteiger partial charge in [0, 0.05) is 0 Å². The third kappa shape index (κ3) is 8.92. The van der Waals surface area contributed by atoms with Gasteiger partial charge in [-0.25, -0.2) is 21.1 Å². The Morgan fingerprint density at radius 2 is 0.971 bits per heavy atom. The van der Waals surface area contributed by atoms with Crippen LogP contribution < -0.4 is 10.9 Å². The molecule has 35 heavy (non-hydrogen) atoms. The van der Waals surface area contributed by atoms with E-state index in [1.165, 1.54) is 12.5 Å². The van der Waals surface area contributed by atoms with E-state index in [-0.39, 0.29) is 31.9 Å². The summed E-state index contributed by atoms with van der Waals surface area (Å²) in [5.74, 6) is -0.448. The van der Waals surface area contributed by atoms with Gasteiger partial charge in [0.15, 0.2) is 11.5 Å². The predicted molar refractivity (Wildman–Crippen MR) is 133 cm³/mol. The minimum atomic E-state index is -0.423. The molecular weight excluding hydrogens is 579 g/mol. The number of hydrazone groups is 2. The number of hydrogen-bond donors (Lipinski definition) is 2. The van der Waals surface area contributed by atoms with Crippen molar-refractivity contribution in [2.45, 2.75) is 0 Å². The smallest absolute Gasteiger partial charge is 0.758 e. The Morgan fingerprint density at radius 1 is 0.600 bits per heavy atom. The molecule has 0 unspecified atom stereocenters. The van der Waals surface area contributed by atoms with Gasteiger partial charge in [-0.15, -0.1) is 0 Å². The summed E-state index contributed by atoms with van der Waals surface area (Å²) in [7, 11) is 0. The van der Waals surface area contributed by atoms with Gasteiger partial charge in [-0.05, 0) is 35.4 Å². The fourth-order valence-electron chi connectivity index (χ4n) is 2.42. The van der Waals surface area contributed by atoms with Crippen LogP contribution in [0, 0.1) is 0 Å². The third-order valence-electron chi connectivity index (χ3n) is 4.05. The summed E-state index contributed by atoms with van der Waals surface area (Å²) in [4.78, 5) is 23.0. The summed E-state index contributed by atoms with van der Waals surface area (Å²) in [6.07, 6.45) is 2.84. The molecule has 0 spiro atoms. The molecule has 8 nitrogen and oxygen atoms in total. The topological polar surface area (TPSA) is 109 Å². The number of nitrogens with zero attached hydrogens (tertiary/aromatic N) is 2. The molecule has 2 aromatic carbocycles. The molecule has 0 aliphatic heterocycles. The second-order valence-corrected chi connectivity index (χ2v) is 7.18. The van der Waals surface area contributed by atoms with Crippen LogP contribution in [0.4, 0.5) is 0 Å². The quantitative estimate of drug-likeness (QED) is 0.115. The normalized spacial score (nSPS) is 10.9. The first-order valence-corrected chi connectivity index (χ1v) is 10.6. The van der Waals surface area contributed by atoms with Crippen LogP contribution >= 0.6 is 0 Å². The number of carbonyl (C=O) groups is 2. The van der Waals surface area contributed by atoms with Crippen molar-refractivity contribution in [1.29, 1.82) is 0 Å². The number of carbonyl (C=O) groups excluding carboxylic acids is 2. The molecule has 2 aromatic heterocycles. The number of nitrogens with one attached hydrogen (secondary N) is 2. The van der Waals surface area contributed by atoms with E-state index in [0.29, 0.717) is 10.1 Å². The zero-order valence-electron chi connectivity index (χ0n) is 17.9. The second-order valence-electron chi connectivity index (χ2n) is 6.40. The molecule has 2 heterocycles. The van der Waals surface area contributed by atoms with Gasteiger partial charge in [0.2, 0.25) is 0 Å². The van der Waals surface area contributed by atoms with Gasteiger partial charge in [-0.1, -0.05) is 70.8 Å². The molecule has 2 amide bonds. The maximum atomic E-state index is 11.5. The van der Waals surface area contributed by atoms with Crippen LogP contribution in [0.25, 0.3) is 0 Å². The summed E-state index contributed by atoms with van der Waals surface area (Å²) >= 11 is 10.1. The second kappa shape index (κ2) is 14.6. The van der Waals surface area contributed by atoms with Crippen LogP contribution in [0.2, 0.25) is 0 Å². The summed E-state index contributed by atoms with van der Waals surface area (Å²) in [5, 5.41) is 8.29. The third-order valence-corrected chi connectivity index (χ3v) is 4.70. The SMILES string of the molecule is O=C(N/N=C(/[S-])c1ccccc1)c1ccco1.O=C(N/N=C(\[S-])c1ccccc1)c1ccco1.[Pd+2]. The van der Waals surface area contributed by atoms with Crippen LogP contribution in [0.3, 0.4) is 0 Å². The van der Waals surface area contributed by atoms with Gasteiger partial charge >= 0.3 is 32.2 Å². The van der Waals surface area contributed by atoms with Crippen LogP contribution in [-0.4, -0.2) is 21.9 Å². The average molecular weight is 597 g/mol. The summed E-state index contributed by atoms with van der Waals surface area (Å²) in [5.41, 5.74) is 6.23. The molecule has 0 fully saturated rings. The van der Waals surface area contributed by atoms with E-state index >= 15 is 0 Å². The number of benzene rings is 2. The molecule has 180 valence electrons. The molecule has 0 saturated carbocycles. The summed E-state index contributed by atoms with van der Waals surface area (Å²) in [6.45, 7) is 0. The van der Waals surface area contributed by atoms with E-state index in [0.717, 1.165) is 11.1 Å². The van der Waals surface area contributed by atoms with Crippen molar-refractivity contribution in [3.63, 3.8) is 0 Å². The average Bonchev–Trinajstić information content (AvgIpc) is 3.62. The maximum absolute atomic E-state index is 11.5. The molecule has 11 heteroatoms. The van der Waals surface area contributed by atoms with Crippen molar-refractivity contribution in [3.8, 4) is 0 Å². The number of rotatable bonds is 6. The van der Waals surface area contributed by atoms with Gasteiger partial charge in [0.05, 0.1) is 12.5 Å². The monoisotopic (exact) mass is 596 g/mol. The van der Waals surface area contributed by atoms with E-state index in [2.05, 4.69) is 21.1 Å². The van der Waals surface area contributed by atoms with Crippen molar-refractivity contribution < 1.29 is 38.8 Å². The molecule has 0 atom stereocenters. The molecule has 0 saturated heterocycles. The van der Waals surface area contributed by atoms with Crippen molar-refractivity contribution in [2.24, 2.45) is 10.2 Å². The van der Waals surface area contributed by atoms with E-state index in [1.807, 2.05) is 60.7 Å². The van der Waals surface area contributed by atoms with E-state index < -0.39 is 11.8 Å². The van der Waals surface area contributed by atoms with Gasteiger partial charge in [-0.2, -0.15) is 0 Å². The van der Waals surface area contributed by atoms with E-state index in [1.54, 1.807) is 24.3 Å².